The summed E-state index contributed by atoms with van der Waals surface area (Å²) in [6.07, 6.45) is 4.34. The summed E-state index contributed by atoms with van der Waals surface area (Å²) >= 11 is 0. The molecule has 0 saturated carbocycles. The number of carbonyl (C=O) groups is 1. The maximum absolute atomic E-state index is 11.1. The van der Waals surface area contributed by atoms with E-state index in [2.05, 4.69) is 4.99 Å². The highest BCUT2D eigenvalue weighted by Crippen LogP contribution is 2.30. The summed E-state index contributed by atoms with van der Waals surface area (Å²) in [4.78, 5) is 17.5. The third-order valence-electron chi connectivity index (χ3n) is 3.20. The maximum Gasteiger partial charge on any atom is 0.351 e. The minimum atomic E-state index is -0.861. The predicted molar refractivity (Wildman–Crippen MR) is 64.3 cm³/mol. The quantitative estimate of drug-likeness (QED) is 0.799. The van der Waals surface area contributed by atoms with Gasteiger partial charge in [-0.2, -0.15) is 0 Å². The van der Waals surface area contributed by atoms with Crippen LogP contribution in [-0.4, -0.2) is 28.2 Å². The monoisotopic (exact) mass is 228 g/mol. The second-order valence-electron chi connectivity index (χ2n) is 4.23. The van der Waals surface area contributed by atoms with E-state index in [1.54, 1.807) is 6.08 Å². The van der Waals surface area contributed by atoms with Crippen LogP contribution in [0, 0.1) is 0 Å². The number of aliphatic imine (C=N–C) groups is 1. The number of para-hydroxylation sites is 1. The van der Waals surface area contributed by atoms with Crippen LogP contribution in [0.15, 0.2) is 41.0 Å². The van der Waals surface area contributed by atoms with Crippen LogP contribution in [0.25, 0.3) is 0 Å². The molecule has 3 rings (SSSR count). The fourth-order valence-corrected chi connectivity index (χ4v) is 2.33. The van der Waals surface area contributed by atoms with Crippen molar-refractivity contribution in [3.63, 3.8) is 0 Å². The molecule has 4 heteroatoms. The van der Waals surface area contributed by atoms with E-state index in [9.17, 15) is 4.79 Å². The molecule has 2 heterocycles. The van der Waals surface area contributed by atoms with Gasteiger partial charge in [0.25, 0.3) is 0 Å². The van der Waals surface area contributed by atoms with Gasteiger partial charge in [0.05, 0.1) is 11.7 Å². The Morgan fingerprint density at radius 1 is 1.41 bits per heavy atom. The first-order chi connectivity index (χ1) is 8.25. The summed E-state index contributed by atoms with van der Waals surface area (Å²) < 4.78 is 0. The van der Waals surface area contributed by atoms with E-state index in [0.717, 1.165) is 17.7 Å². The van der Waals surface area contributed by atoms with E-state index in [4.69, 9.17) is 5.11 Å². The fraction of sp³-hybridized carbons (Fsp3) is 0.231. The number of carboxylic acids is 1. The summed E-state index contributed by atoms with van der Waals surface area (Å²) in [7, 11) is 0. The average molecular weight is 228 g/mol. The molecular formula is C13H12N2O2. The number of nitrogens with zero attached hydrogens (tertiary/aromatic N) is 2. The van der Waals surface area contributed by atoms with Gasteiger partial charge in [-0.3, -0.25) is 4.99 Å². The first kappa shape index (κ1) is 10.1. The normalized spacial score (nSPS) is 21.5. The average Bonchev–Trinajstić information content (AvgIpc) is 2.63. The molecule has 1 N–H and O–H groups in total. The van der Waals surface area contributed by atoms with Crippen LogP contribution in [0.1, 0.15) is 12.0 Å². The van der Waals surface area contributed by atoms with E-state index < -0.39 is 5.97 Å². The second kappa shape index (κ2) is 3.73. The Kier molecular flexibility index (Phi) is 2.21. The Morgan fingerprint density at radius 3 is 3.06 bits per heavy atom. The van der Waals surface area contributed by atoms with Gasteiger partial charge < -0.3 is 10.0 Å². The number of benzene rings is 1. The molecule has 0 spiro atoms. The van der Waals surface area contributed by atoms with Crippen molar-refractivity contribution in [1.82, 2.24) is 4.90 Å². The van der Waals surface area contributed by atoms with Gasteiger partial charge in [0.15, 0.2) is 0 Å². The number of hydrogen-bond acceptors (Lipinski definition) is 3. The number of fused-ring (bicyclic) bond motifs is 2. The van der Waals surface area contributed by atoms with Gasteiger partial charge in [-0.15, -0.1) is 0 Å². The summed E-state index contributed by atoms with van der Waals surface area (Å²) in [5, 5.41) is 9.14. The largest absolute Gasteiger partial charge is 0.477 e. The molecule has 0 radical (unpaired) electrons. The van der Waals surface area contributed by atoms with Crippen molar-refractivity contribution in [2.75, 3.05) is 0 Å². The minimum absolute atomic E-state index is 0.0773. The molecule has 0 aromatic heterocycles. The standard InChI is InChI=1S/C13H12N2O2/c16-13(17)12-6-5-10-7-14-11-4-2-1-3-9(11)8-15(10)12/h1-4,6-7,10H,5,8H2,(H,16,17). The van der Waals surface area contributed by atoms with Crippen LogP contribution < -0.4 is 0 Å². The van der Waals surface area contributed by atoms with Crippen molar-refractivity contribution in [3.8, 4) is 0 Å². The Morgan fingerprint density at radius 2 is 2.24 bits per heavy atom. The molecule has 1 atom stereocenters. The van der Waals surface area contributed by atoms with Gasteiger partial charge in [-0.05, 0) is 18.1 Å². The minimum Gasteiger partial charge on any atom is -0.477 e. The fourth-order valence-electron chi connectivity index (χ4n) is 2.33. The topological polar surface area (TPSA) is 52.9 Å². The Bertz CT molecular complexity index is 534. The SMILES string of the molecule is O=C(O)C1=CCC2C=Nc3ccccc3CN12. The van der Waals surface area contributed by atoms with Gasteiger partial charge in [-0.1, -0.05) is 24.3 Å². The van der Waals surface area contributed by atoms with Gasteiger partial charge in [0.1, 0.15) is 5.70 Å². The highest BCUT2D eigenvalue weighted by molar-refractivity contribution is 5.88. The molecular weight excluding hydrogens is 216 g/mol. The summed E-state index contributed by atoms with van der Waals surface area (Å²) in [5.74, 6) is -0.861. The van der Waals surface area contributed by atoms with E-state index in [0.29, 0.717) is 12.2 Å². The molecule has 1 aromatic carbocycles. The molecule has 86 valence electrons. The van der Waals surface area contributed by atoms with E-state index in [-0.39, 0.29) is 6.04 Å². The van der Waals surface area contributed by atoms with Crippen molar-refractivity contribution in [2.24, 2.45) is 4.99 Å². The van der Waals surface area contributed by atoms with Crippen LogP contribution in [0.4, 0.5) is 5.69 Å². The lowest BCUT2D eigenvalue weighted by molar-refractivity contribution is -0.134. The van der Waals surface area contributed by atoms with Crippen LogP contribution in [0.3, 0.4) is 0 Å². The van der Waals surface area contributed by atoms with Gasteiger partial charge in [0.2, 0.25) is 0 Å². The van der Waals surface area contributed by atoms with Crippen molar-refractivity contribution in [3.05, 3.63) is 41.6 Å². The van der Waals surface area contributed by atoms with Crippen LogP contribution in [-0.2, 0) is 11.3 Å². The van der Waals surface area contributed by atoms with Crippen LogP contribution in [0.5, 0.6) is 0 Å². The van der Waals surface area contributed by atoms with Crippen molar-refractivity contribution in [2.45, 2.75) is 19.0 Å². The Balaban J connectivity index is 2.00. The molecule has 2 aliphatic heterocycles. The molecule has 4 nitrogen and oxygen atoms in total. The summed E-state index contributed by atoms with van der Waals surface area (Å²) in [6.45, 7) is 0.610. The Hall–Kier alpha value is -2.10. The van der Waals surface area contributed by atoms with Crippen LogP contribution >= 0.6 is 0 Å². The number of aliphatic carboxylic acids is 1. The second-order valence-corrected chi connectivity index (χ2v) is 4.23. The third-order valence-corrected chi connectivity index (χ3v) is 3.20. The lowest BCUT2D eigenvalue weighted by Crippen LogP contribution is -2.32. The molecule has 17 heavy (non-hydrogen) atoms. The molecule has 0 fully saturated rings. The number of carboxylic acid groups (broad SMARTS) is 1. The molecule has 0 aliphatic carbocycles. The van der Waals surface area contributed by atoms with E-state index in [1.165, 1.54) is 0 Å². The zero-order valence-corrected chi connectivity index (χ0v) is 9.21. The molecule has 0 bridgehead atoms. The molecule has 2 aliphatic rings. The zero-order chi connectivity index (χ0) is 11.8. The van der Waals surface area contributed by atoms with Crippen molar-refractivity contribution < 1.29 is 9.90 Å². The summed E-state index contributed by atoms with van der Waals surface area (Å²) in [6, 6.07) is 7.92. The third kappa shape index (κ3) is 1.62. The predicted octanol–water partition coefficient (Wildman–Crippen LogP) is 1.95. The first-order valence-electron chi connectivity index (χ1n) is 5.58. The van der Waals surface area contributed by atoms with Gasteiger partial charge >= 0.3 is 5.97 Å². The number of rotatable bonds is 1. The first-order valence-corrected chi connectivity index (χ1v) is 5.58. The lowest BCUT2D eigenvalue weighted by Gasteiger charge is -2.24. The smallest absolute Gasteiger partial charge is 0.351 e. The highest BCUT2D eigenvalue weighted by atomic mass is 16.4. The van der Waals surface area contributed by atoms with Crippen molar-refractivity contribution in [1.29, 1.82) is 0 Å². The summed E-state index contributed by atoms with van der Waals surface area (Å²) in [5.41, 5.74) is 2.39. The molecule has 1 aromatic rings. The van der Waals surface area contributed by atoms with Crippen LogP contribution in [0.2, 0.25) is 0 Å². The number of hydrogen-bond donors (Lipinski definition) is 1. The van der Waals surface area contributed by atoms with Crippen molar-refractivity contribution >= 4 is 17.9 Å². The molecule has 0 saturated heterocycles. The Labute approximate surface area is 98.9 Å². The van der Waals surface area contributed by atoms with Gasteiger partial charge in [-0.25, -0.2) is 4.79 Å². The zero-order valence-electron chi connectivity index (χ0n) is 9.21. The lowest BCUT2D eigenvalue weighted by atomic mass is 10.1. The van der Waals surface area contributed by atoms with E-state index in [1.807, 2.05) is 35.4 Å². The maximum atomic E-state index is 11.1. The highest BCUT2D eigenvalue weighted by Gasteiger charge is 2.30. The van der Waals surface area contributed by atoms with Gasteiger partial charge in [0, 0.05) is 12.8 Å². The molecule has 1 unspecified atom stereocenters. The molecule has 0 amide bonds. The van der Waals surface area contributed by atoms with E-state index >= 15 is 0 Å².